The first-order chi connectivity index (χ1) is 8.25. The van der Waals surface area contributed by atoms with Gasteiger partial charge in [-0.1, -0.05) is 18.2 Å². The molecule has 0 amide bonds. The van der Waals surface area contributed by atoms with E-state index < -0.39 is 0 Å². The Morgan fingerprint density at radius 2 is 1.65 bits per heavy atom. The first-order valence-corrected chi connectivity index (χ1v) is 6.45. The minimum atomic E-state index is -0.237. The molecule has 0 aliphatic rings. The highest BCUT2D eigenvalue weighted by Gasteiger charge is 2.10. The summed E-state index contributed by atoms with van der Waals surface area (Å²) in [5.74, 6) is -0.237. The van der Waals surface area contributed by atoms with Crippen LogP contribution < -0.4 is 0 Å². The molecular weight excluding hydrogens is 303 g/mol. The van der Waals surface area contributed by atoms with E-state index in [-0.39, 0.29) is 5.82 Å². The molecule has 0 atom stereocenters. The maximum absolute atomic E-state index is 12.9. The molecule has 3 rings (SSSR count). The fourth-order valence-electron chi connectivity index (χ4n) is 1.70. The third-order valence-corrected chi connectivity index (χ3v) is 3.69. The Kier molecular flexibility index (Phi) is 2.64. The van der Waals surface area contributed by atoms with Crippen LogP contribution in [0.25, 0.3) is 22.2 Å². The van der Waals surface area contributed by atoms with Crippen molar-refractivity contribution in [1.82, 2.24) is 8.75 Å². The summed E-state index contributed by atoms with van der Waals surface area (Å²) in [7, 11) is 0. The molecule has 0 saturated carbocycles. The SMILES string of the molecule is Fc1ccc(-c2ccc(Br)c3nsnc23)cc1. The van der Waals surface area contributed by atoms with E-state index in [1.54, 1.807) is 12.1 Å². The number of rotatable bonds is 1. The van der Waals surface area contributed by atoms with Gasteiger partial charge in [0.15, 0.2) is 0 Å². The zero-order chi connectivity index (χ0) is 11.8. The van der Waals surface area contributed by atoms with Crippen molar-refractivity contribution < 1.29 is 4.39 Å². The van der Waals surface area contributed by atoms with E-state index in [9.17, 15) is 4.39 Å². The first-order valence-electron chi connectivity index (χ1n) is 4.92. The van der Waals surface area contributed by atoms with Gasteiger partial charge in [0, 0.05) is 10.0 Å². The summed E-state index contributed by atoms with van der Waals surface area (Å²) in [6.07, 6.45) is 0. The van der Waals surface area contributed by atoms with Crippen molar-refractivity contribution in [2.24, 2.45) is 0 Å². The molecule has 1 heterocycles. The Morgan fingerprint density at radius 3 is 2.41 bits per heavy atom. The van der Waals surface area contributed by atoms with Crippen molar-refractivity contribution in [3.05, 3.63) is 46.7 Å². The molecule has 2 nitrogen and oxygen atoms in total. The van der Waals surface area contributed by atoms with Crippen molar-refractivity contribution in [3.63, 3.8) is 0 Å². The normalized spacial score (nSPS) is 10.9. The zero-order valence-electron chi connectivity index (χ0n) is 8.52. The smallest absolute Gasteiger partial charge is 0.123 e. The standard InChI is InChI=1S/C12H6BrFN2S/c13-10-6-5-9(11-12(10)16-17-15-11)7-1-3-8(14)4-2-7/h1-6H. The van der Waals surface area contributed by atoms with Gasteiger partial charge in [0.2, 0.25) is 0 Å². The van der Waals surface area contributed by atoms with Gasteiger partial charge in [0.1, 0.15) is 16.9 Å². The number of hydrogen-bond donors (Lipinski definition) is 0. The van der Waals surface area contributed by atoms with Crippen LogP contribution in [0.4, 0.5) is 4.39 Å². The van der Waals surface area contributed by atoms with Crippen LogP contribution in [0.15, 0.2) is 40.9 Å². The van der Waals surface area contributed by atoms with Gasteiger partial charge in [-0.05, 0) is 39.7 Å². The molecule has 0 saturated heterocycles. The first kappa shape index (κ1) is 10.8. The molecule has 0 bridgehead atoms. The number of nitrogens with zero attached hydrogens (tertiary/aromatic N) is 2. The highest BCUT2D eigenvalue weighted by molar-refractivity contribution is 9.10. The molecular formula is C12H6BrFN2S. The van der Waals surface area contributed by atoms with Crippen molar-refractivity contribution in [3.8, 4) is 11.1 Å². The van der Waals surface area contributed by atoms with Crippen LogP contribution in [0, 0.1) is 5.82 Å². The maximum atomic E-state index is 12.9. The van der Waals surface area contributed by atoms with E-state index >= 15 is 0 Å². The summed E-state index contributed by atoms with van der Waals surface area (Å²) in [6.45, 7) is 0. The lowest BCUT2D eigenvalue weighted by molar-refractivity contribution is 0.628. The topological polar surface area (TPSA) is 25.8 Å². The summed E-state index contributed by atoms with van der Waals surface area (Å²) in [4.78, 5) is 0. The number of aromatic nitrogens is 2. The molecule has 0 spiro atoms. The van der Waals surface area contributed by atoms with Crippen LogP contribution in [0.2, 0.25) is 0 Å². The van der Waals surface area contributed by atoms with E-state index in [1.165, 1.54) is 23.9 Å². The highest BCUT2D eigenvalue weighted by atomic mass is 79.9. The number of halogens is 2. The van der Waals surface area contributed by atoms with E-state index in [0.29, 0.717) is 0 Å². The summed E-state index contributed by atoms with van der Waals surface area (Å²) in [5.41, 5.74) is 3.60. The van der Waals surface area contributed by atoms with Crippen molar-refractivity contribution in [1.29, 1.82) is 0 Å². The number of hydrogen-bond acceptors (Lipinski definition) is 3. The van der Waals surface area contributed by atoms with Crippen LogP contribution in [0.5, 0.6) is 0 Å². The molecule has 0 N–H and O–H groups in total. The van der Waals surface area contributed by atoms with Gasteiger partial charge >= 0.3 is 0 Å². The molecule has 0 radical (unpaired) electrons. The van der Waals surface area contributed by atoms with Gasteiger partial charge in [-0.25, -0.2) is 4.39 Å². The van der Waals surface area contributed by atoms with E-state index in [2.05, 4.69) is 24.7 Å². The van der Waals surface area contributed by atoms with Gasteiger partial charge in [0.25, 0.3) is 0 Å². The van der Waals surface area contributed by atoms with Crippen molar-refractivity contribution in [2.75, 3.05) is 0 Å². The lowest BCUT2D eigenvalue weighted by Crippen LogP contribution is -1.82. The monoisotopic (exact) mass is 308 g/mol. The minimum absolute atomic E-state index is 0.237. The Bertz CT molecular complexity index is 679. The average molecular weight is 309 g/mol. The van der Waals surface area contributed by atoms with Gasteiger partial charge in [-0.2, -0.15) is 8.75 Å². The molecule has 2 aromatic carbocycles. The van der Waals surface area contributed by atoms with E-state index in [4.69, 9.17) is 0 Å². The fraction of sp³-hybridized carbons (Fsp3) is 0. The third kappa shape index (κ3) is 1.85. The lowest BCUT2D eigenvalue weighted by atomic mass is 10.0. The quantitative estimate of drug-likeness (QED) is 0.671. The molecule has 17 heavy (non-hydrogen) atoms. The van der Waals surface area contributed by atoms with E-state index in [0.717, 1.165) is 26.6 Å². The Morgan fingerprint density at radius 1 is 0.941 bits per heavy atom. The van der Waals surface area contributed by atoms with Gasteiger partial charge in [-0.15, -0.1) is 0 Å². The molecule has 0 fully saturated rings. The second kappa shape index (κ2) is 4.16. The molecule has 3 aromatic rings. The van der Waals surface area contributed by atoms with Gasteiger partial charge < -0.3 is 0 Å². The molecule has 84 valence electrons. The predicted molar refractivity (Wildman–Crippen MR) is 70.5 cm³/mol. The molecule has 0 aliphatic heterocycles. The summed E-state index contributed by atoms with van der Waals surface area (Å²) < 4.78 is 22.3. The highest BCUT2D eigenvalue weighted by Crippen LogP contribution is 2.31. The number of fused-ring (bicyclic) bond motifs is 1. The average Bonchev–Trinajstić information content (AvgIpc) is 2.81. The number of benzene rings is 2. The fourth-order valence-corrected chi connectivity index (χ4v) is 2.80. The summed E-state index contributed by atoms with van der Waals surface area (Å²) in [6, 6.07) is 10.3. The minimum Gasteiger partial charge on any atom is -0.207 e. The van der Waals surface area contributed by atoms with Crippen molar-refractivity contribution in [2.45, 2.75) is 0 Å². The maximum Gasteiger partial charge on any atom is 0.123 e. The molecule has 5 heteroatoms. The van der Waals surface area contributed by atoms with Gasteiger partial charge in [-0.3, -0.25) is 0 Å². The van der Waals surface area contributed by atoms with E-state index in [1.807, 2.05) is 12.1 Å². The predicted octanol–water partition coefficient (Wildman–Crippen LogP) is 4.26. The third-order valence-electron chi connectivity index (χ3n) is 2.52. The van der Waals surface area contributed by atoms with Gasteiger partial charge in [0.05, 0.1) is 11.7 Å². The Balaban J connectivity index is 2.27. The second-order valence-corrected chi connectivity index (χ2v) is 4.95. The molecule has 0 aliphatic carbocycles. The molecule has 1 aromatic heterocycles. The summed E-state index contributed by atoms with van der Waals surface area (Å²) >= 11 is 4.61. The second-order valence-electron chi connectivity index (χ2n) is 3.56. The summed E-state index contributed by atoms with van der Waals surface area (Å²) in [5, 5.41) is 0. The van der Waals surface area contributed by atoms with Crippen LogP contribution in [-0.2, 0) is 0 Å². The zero-order valence-corrected chi connectivity index (χ0v) is 10.9. The van der Waals surface area contributed by atoms with Crippen molar-refractivity contribution >= 4 is 38.7 Å². The van der Waals surface area contributed by atoms with Crippen LogP contribution in [0.3, 0.4) is 0 Å². The largest absolute Gasteiger partial charge is 0.207 e. The lowest BCUT2D eigenvalue weighted by Gasteiger charge is -2.03. The Hall–Kier alpha value is -1.33. The van der Waals surface area contributed by atoms with Crippen LogP contribution in [-0.4, -0.2) is 8.75 Å². The molecule has 0 unspecified atom stereocenters. The van der Waals surface area contributed by atoms with Crippen LogP contribution in [0.1, 0.15) is 0 Å². The Labute approximate surface area is 110 Å². The van der Waals surface area contributed by atoms with Crippen LogP contribution >= 0.6 is 27.7 Å².